The molecule has 2 nitrogen and oxygen atoms in total. The van der Waals surface area contributed by atoms with Crippen LogP contribution < -0.4 is 4.74 Å². The van der Waals surface area contributed by atoms with E-state index in [1.165, 1.54) is 0 Å². The molecule has 0 saturated heterocycles. The Labute approximate surface area is 102 Å². The number of hydrogen-bond donors (Lipinski definition) is 0. The molecule has 0 N–H and O–H groups in total. The van der Waals surface area contributed by atoms with Gasteiger partial charge in [-0.3, -0.25) is 0 Å². The minimum absolute atomic E-state index is 0.133. The van der Waals surface area contributed by atoms with Gasteiger partial charge in [-0.1, -0.05) is 17.7 Å². The summed E-state index contributed by atoms with van der Waals surface area (Å²) < 4.78 is 5.69. The highest BCUT2D eigenvalue weighted by atomic mass is 35.5. The first kappa shape index (κ1) is 12.9. The van der Waals surface area contributed by atoms with Crippen LogP contribution in [0.25, 0.3) is 0 Å². The number of unbranched alkanes of at least 4 members (excludes halogenated alkanes) is 1. The Balaban J connectivity index is 2.77. The molecule has 0 aliphatic rings. The van der Waals surface area contributed by atoms with Crippen molar-refractivity contribution in [1.82, 2.24) is 0 Å². The fraction of sp³-hybridized carbons (Fsp3) is 0.462. The number of ether oxygens (including phenoxy) is 1. The predicted octanol–water partition coefficient (Wildman–Crippen LogP) is 3.97. The van der Waals surface area contributed by atoms with Crippen LogP contribution in [0, 0.1) is 11.3 Å². The van der Waals surface area contributed by atoms with E-state index in [0.717, 1.165) is 24.2 Å². The minimum Gasteiger partial charge on any atom is -0.491 e. The molecule has 1 aromatic rings. The highest BCUT2D eigenvalue weighted by Gasteiger charge is 2.06. The number of nitrogens with zero attached hydrogens (tertiary/aromatic N) is 1. The summed E-state index contributed by atoms with van der Waals surface area (Å²) in [5, 5.41) is 9.18. The lowest BCUT2D eigenvalue weighted by Crippen LogP contribution is -2.07. The molecule has 0 radical (unpaired) electrons. The van der Waals surface area contributed by atoms with Crippen LogP contribution >= 0.6 is 11.6 Å². The van der Waals surface area contributed by atoms with Crippen molar-refractivity contribution >= 4 is 11.6 Å². The third-order valence-corrected chi connectivity index (χ3v) is 2.36. The Morgan fingerprint density at radius 2 is 2.19 bits per heavy atom. The summed E-state index contributed by atoms with van der Waals surface area (Å²) in [5.41, 5.74) is 1.12. The maximum Gasteiger partial charge on any atom is 0.124 e. The maximum absolute atomic E-state index is 8.50. The Hall–Kier alpha value is -1.20. The highest BCUT2D eigenvalue weighted by molar-refractivity contribution is 6.30. The Bertz CT molecular complexity index is 382. The lowest BCUT2D eigenvalue weighted by Gasteiger charge is -2.14. The van der Waals surface area contributed by atoms with Gasteiger partial charge >= 0.3 is 0 Å². The largest absolute Gasteiger partial charge is 0.491 e. The van der Waals surface area contributed by atoms with Gasteiger partial charge in [-0.15, -0.1) is 0 Å². The quantitative estimate of drug-likeness (QED) is 0.726. The monoisotopic (exact) mass is 237 g/mol. The molecular formula is C13H16ClNO. The van der Waals surface area contributed by atoms with E-state index in [9.17, 15) is 0 Å². The van der Waals surface area contributed by atoms with Gasteiger partial charge in [0.1, 0.15) is 5.75 Å². The molecule has 1 aromatic carbocycles. The van der Waals surface area contributed by atoms with Gasteiger partial charge in [0.15, 0.2) is 0 Å². The van der Waals surface area contributed by atoms with Crippen LogP contribution in [0.3, 0.4) is 0 Å². The van der Waals surface area contributed by atoms with E-state index in [2.05, 4.69) is 6.07 Å². The number of hydrogen-bond acceptors (Lipinski definition) is 2. The molecule has 86 valence electrons. The number of aryl methyl sites for hydroxylation is 1. The molecule has 0 saturated carbocycles. The molecule has 0 bridgehead atoms. The highest BCUT2D eigenvalue weighted by Crippen LogP contribution is 2.25. The van der Waals surface area contributed by atoms with Gasteiger partial charge in [0.25, 0.3) is 0 Å². The first-order valence-electron chi connectivity index (χ1n) is 5.45. The number of halogens is 1. The summed E-state index contributed by atoms with van der Waals surface area (Å²) in [6, 6.07) is 7.81. The van der Waals surface area contributed by atoms with Gasteiger partial charge in [-0.2, -0.15) is 5.26 Å². The van der Waals surface area contributed by atoms with E-state index in [-0.39, 0.29) is 6.10 Å². The number of nitriles is 1. The van der Waals surface area contributed by atoms with Crippen molar-refractivity contribution in [2.24, 2.45) is 0 Å². The van der Waals surface area contributed by atoms with Gasteiger partial charge in [0.2, 0.25) is 0 Å². The molecule has 3 heteroatoms. The van der Waals surface area contributed by atoms with Gasteiger partial charge in [-0.05, 0) is 44.4 Å². The molecule has 16 heavy (non-hydrogen) atoms. The van der Waals surface area contributed by atoms with E-state index in [0.29, 0.717) is 11.4 Å². The molecule has 0 amide bonds. The summed E-state index contributed by atoms with van der Waals surface area (Å²) >= 11 is 5.93. The minimum atomic E-state index is 0.133. The second-order valence-electron chi connectivity index (χ2n) is 3.93. The van der Waals surface area contributed by atoms with Crippen molar-refractivity contribution < 1.29 is 4.74 Å². The zero-order chi connectivity index (χ0) is 12.0. The summed E-state index contributed by atoms with van der Waals surface area (Å²) in [6.07, 6.45) is 2.41. The molecule has 0 aromatic heterocycles. The molecule has 0 unspecified atom stereocenters. The van der Waals surface area contributed by atoms with Crippen molar-refractivity contribution in [2.45, 2.75) is 39.2 Å². The van der Waals surface area contributed by atoms with E-state index in [4.69, 9.17) is 21.6 Å². The third-order valence-electron chi connectivity index (χ3n) is 2.13. The van der Waals surface area contributed by atoms with E-state index >= 15 is 0 Å². The molecule has 0 aliphatic carbocycles. The summed E-state index contributed by atoms with van der Waals surface area (Å²) in [4.78, 5) is 0. The fourth-order valence-corrected chi connectivity index (χ4v) is 1.62. The van der Waals surface area contributed by atoms with E-state index in [1.54, 1.807) is 0 Å². The zero-order valence-electron chi connectivity index (χ0n) is 9.66. The molecule has 0 heterocycles. The number of rotatable bonds is 5. The number of benzene rings is 1. The fourth-order valence-electron chi connectivity index (χ4n) is 1.46. The van der Waals surface area contributed by atoms with Crippen LogP contribution in [0.1, 0.15) is 32.3 Å². The van der Waals surface area contributed by atoms with E-state index < -0.39 is 0 Å². The third kappa shape index (κ3) is 4.12. The smallest absolute Gasteiger partial charge is 0.124 e. The van der Waals surface area contributed by atoms with Crippen molar-refractivity contribution in [2.75, 3.05) is 0 Å². The molecule has 0 spiro atoms. The lowest BCUT2D eigenvalue weighted by molar-refractivity contribution is 0.240. The van der Waals surface area contributed by atoms with Gasteiger partial charge in [0.05, 0.1) is 12.2 Å². The SMILES string of the molecule is CC(C)Oc1cc(Cl)ccc1CCCC#N. The normalized spacial score (nSPS) is 10.2. The maximum atomic E-state index is 8.50. The summed E-state index contributed by atoms with van der Waals surface area (Å²) in [5.74, 6) is 0.834. The van der Waals surface area contributed by atoms with Crippen LogP contribution in [0.15, 0.2) is 18.2 Å². The van der Waals surface area contributed by atoms with Gasteiger partial charge in [-0.25, -0.2) is 0 Å². The van der Waals surface area contributed by atoms with Crippen molar-refractivity contribution in [3.8, 4) is 11.8 Å². The second-order valence-corrected chi connectivity index (χ2v) is 4.37. The molecule has 0 aliphatic heterocycles. The van der Waals surface area contributed by atoms with E-state index in [1.807, 2.05) is 32.0 Å². The van der Waals surface area contributed by atoms with Crippen LogP contribution in [-0.2, 0) is 6.42 Å². The summed E-state index contributed by atoms with van der Waals surface area (Å²) in [6.45, 7) is 3.97. The van der Waals surface area contributed by atoms with Crippen LogP contribution in [0.2, 0.25) is 5.02 Å². The topological polar surface area (TPSA) is 33.0 Å². The van der Waals surface area contributed by atoms with Crippen molar-refractivity contribution in [3.05, 3.63) is 28.8 Å². The van der Waals surface area contributed by atoms with Crippen LogP contribution in [0.5, 0.6) is 5.75 Å². The first-order valence-corrected chi connectivity index (χ1v) is 5.83. The molecular weight excluding hydrogens is 222 g/mol. The van der Waals surface area contributed by atoms with Crippen molar-refractivity contribution in [3.63, 3.8) is 0 Å². The van der Waals surface area contributed by atoms with Crippen LogP contribution in [0.4, 0.5) is 0 Å². The lowest BCUT2D eigenvalue weighted by atomic mass is 10.1. The van der Waals surface area contributed by atoms with Crippen molar-refractivity contribution in [1.29, 1.82) is 5.26 Å². The molecule has 0 fully saturated rings. The summed E-state index contributed by atoms with van der Waals surface area (Å²) in [7, 11) is 0. The van der Waals surface area contributed by atoms with Gasteiger partial charge in [0, 0.05) is 11.4 Å². The molecule has 1 rings (SSSR count). The average Bonchev–Trinajstić information content (AvgIpc) is 2.20. The van der Waals surface area contributed by atoms with Gasteiger partial charge < -0.3 is 4.74 Å². The predicted molar refractivity (Wildman–Crippen MR) is 65.8 cm³/mol. The molecule has 0 atom stereocenters. The average molecular weight is 238 g/mol. The first-order chi connectivity index (χ1) is 7.63. The zero-order valence-corrected chi connectivity index (χ0v) is 10.4. The second kappa shape index (κ2) is 6.40. The Morgan fingerprint density at radius 3 is 2.81 bits per heavy atom. The standard InChI is InChI=1S/C13H16ClNO/c1-10(2)16-13-9-12(14)7-6-11(13)5-3-4-8-15/h6-7,9-10H,3-5H2,1-2H3. The Kier molecular flexibility index (Phi) is 5.14. The van der Waals surface area contributed by atoms with Crippen LogP contribution in [-0.4, -0.2) is 6.10 Å². The Morgan fingerprint density at radius 1 is 1.44 bits per heavy atom.